The number of hydrogen-bond acceptors (Lipinski definition) is 5. The van der Waals surface area contributed by atoms with Crippen LogP contribution < -0.4 is 0 Å². The summed E-state index contributed by atoms with van der Waals surface area (Å²) in [5, 5.41) is 0. The maximum atomic E-state index is 12.7. The van der Waals surface area contributed by atoms with Gasteiger partial charge in [-0.15, -0.1) is 0 Å². The van der Waals surface area contributed by atoms with Crippen LogP contribution in [0.4, 0.5) is 0 Å². The summed E-state index contributed by atoms with van der Waals surface area (Å²) < 4.78 is 25.4. The fourth-order valence-electron chi connectivity index (χ4n) is 4.00. The van der Waals surface area contributed by atoms with Crippen LogP contribution in [0.3, 0.4) is 0 Å². The smallest absolute Gasteiger partial charge is 0.177 e. The molecule has 120 valence electrons. The number of rotatable bonds is 1. The Kier molecular flexibility index (Phi) is 3.44. The number of sulfone groups is 1. The fourth-order valence-corrected chi connectivity index (χ4v) is 5.91. The number of nitrogens with zero attached hydrogens (tertiary/aromatic N) is 2. The normalized spacial score (nSPS) is 29.6. The Hall–Kier alpha value is -1.82. The first-order valence-corrected chi connectivity index (χ1v) is 9.69. The fraction of sp³-hybridized carbons (Fsp3) is 0.471. The summed E-state index contributed by atoms with van der Waals surface area (Å²) in [6, 6.07) is 3.67. The highest BCUT2D eigenvalue weighted by atomic mass is 32.2. The molecule has 5 nitrogen and oxygen atoms in total. The molecule has 1 aromatic rings. The minimum absolute atomic E-state index is 0.108. The molecule has 2 unspecified atom stereocenters. The topological polar surface area (TPSA) is 76.5 Å². The van der Waals surface area contributed by atoms with E-state index in [1.165, 1.54) is 0 Å². The third kappa shape index (κ3) is 2.36. The maximum Gasteiger partial charge on any atom is 0.177 e. The molecule has 1 aromatic heterocycles. The summed E-state index contributed by atoms with van der Waals surface area (Å²) >= 11 is 0. The van der Waals surface area contributed by atoms with Crippen LogP contribution in [-0.4, -0.2) is 30.6 Å². The van der Waals surface area contributed by atoms with Crippen LogP contribution in [0.1, 0.15) is 43.6 Å². The molecule has 0 radical (unpaired) electrons. The van der Waals surface area contributed by atoms with Crippen LogP contribution in [0.2, 0.25) is 0 Å². The number of hydrogen-bond donors (Lipinski definition) is 0. The van der Waals surface area contributed by atoms with Gasteiger partial charge in [0.25, 0.3) is 0 Å². The Labute approximate surface area is 135 Å². The Bertz CT molecular complexity index is 825. The van der Waals surface area contributed by atoms with Gasteiger partial charge in [-0.05, 0) is 37.3 Å². The summed E-state index contributed by atoms with van der Waals surface area (Å²) in [4.78, 5) is 21.7. The molecule has 4 rings (SSSR count). The first kappa shape index (κ1) is 14.8. The van der Waals surface area contributed by atoms with Gasteiger partial charge in [0.15, 0.2) is 9.84 Å². The highest BCUT2D eigenvalue weighted by Gasteiger charge is 2.46. The molecule has 0 spiro atoms. The van der Waals surface area contributed by atoms with Crippen LogP contribution in [-0.2, 0) is 14.6 Å². The average molecular weight is 330 g/mol. The van der Waals surface area contributed by atoms with Gasteiger partial charge in [0, 0.05) is 30.4 Å². The van der Waals surface area contributed by atoms with Gasteiger partial charge >= 0.3 is 0 Å². The Morgan fingerprint density at radius 1 is 1.09 bits per heavy atom. The van der Waals surface area contributed by atoms with E-state index in [1.807, 2.05) is 6.07 Å². The molecule has 1 fully saturated rings. The molecule has 1 saturated carbocycles. The Morgan fingerprint density at radius 2 is 1.96 bits per heavy atom. The lowest BCUT2D eigenvalue weighted by atomic mass is 9.73. The van der Waals surface area contributed by atoms with E-state index in [0.717, 1.165) is 24.1 Å². The highest BCUT2D eigenvalue weighted by molar-refractivity contribution is 7.95. The molecule has 23 heavy (non-hydrogen) atoms. The average Bonchev–Trinajstić information content (AvgIpc) is 2.54. The standard InChI is InChI=1S/C17H18N2O3S/c20-14-7-1-5-12-16(14)15(11-4-2-8-18-10-11)17-13(19-12)6-3-9-23(17,21)22/h2,4,8,10,15-16H,1,3,5-7,9H2. The van der Waals surface area contributed by atoms with Crippen molar-refractivity contribution in [2.24, 2.45) is 10.9 Å². The van der Waals surface area contributed by atoms with Crippen LogP contribution in [0.5, 0.6) is 0 Å². The van der Waals surface area contributed by atoms with Crippen molar-refractivity contribution in [2.75, 3.05) is 5.75 Å². The van der Waals surface area contributed by atoms with Crippen LogP contribution in [0.15, 0.2) is 40.1 Å². The third-order valence-electron chi connectivity index (χ3n) is 4.95. The zero-order valence-corrected chi connectivity index (χ0v) is 13.6. The molecule has 0 amide bonds. The second-order valence-corrected chi connectivity index (χ2v) is 8.48. The first-order chi connectivity index (χ1) is 11.1. The van der Waals surface area contributed by atoms with Gasteiger partial charge in [-0.25, -0.2) is 8.42 Å². The summed E-state index contributed by atoms with van der Waals surface area (Å²) in [5.74, 6) is -0.617. The molecule has 3 heterocycles. The van der Waals surface area contributed by atoms with Gasteiger partial charge in [0.2, 0.25) is 0 Å². The number of aromatic nitrogens is 1. The number of pyridine rings is 1. The van der Waals surface area contributed by atoms with E-state index in [0.29, 0.717) is 29.9 Å². The van der Waals surface area contributed by atoms with Crippen molar-refractivity contribution in [2.45, 2.75) is 38.0 Å². The van der Waals surface area contributed by atoms with Crippen LogP contribution in [0.25, 0.3) is 0 Å². The first-order valence-electron chi connectivity index (χ1n) is 8.04. The lowest BCUT2D eigenvalue weighted by Crippen LogP contribution is -2.40. The zero-order chi connectivity index (χ0) is 16.0. The molecule has 6 heteroatoms. The summed E-state index contributed by atoms with van der Waals surface area (Å²) in [7, 11) is -3.36. The maximum absolute atomic E-state index is 12.7. The molecule has 3 aliphatic rings. The number of aliphatic imine (C=N–C) groups is 1. The molecule has 0 saturated heterocycles. The number of ketones is 1. The van der Waals surface area contributed by atoms with Gasteiger partial charge in [-0.1, -0.05) is 6.07 Å². The third-order valence-corrected chi connectivity index (χ3v) is 6.93. The van der Waals surface area contributed by atoms with E-state index in [9.17, 15) is 13.2 Å². The number of carbonyl (C=O) groups is 1. The molecule has 0 aromatic carbocycles. The van der Waals surface area contributed by atoms with Crippen molar-refractivity contribution >= 4 is 21.3 Å². The second-order valence-electron chi connectivity index (χ2n) is 6.40. The lowest BCUT2D eigenvalue weighted by Gasteiger charge is -2.37. The van der Waals surface area contributed by atoms with Crippen molar-refractivity contribution in [3.63, 3.8) is 0 Å². The molecule has 0 bridgehead atoms. The second kappa shape index (κ2) is 5.37. The van der Waals surface area contributed by atoms with Gasteiger partial charge in [-0.2, -0.15) is 0 Å². The van der Waals surface area contributed by atoms with E-state index in [2.05, 4.69) is 9.98 Å². The monoisotopic (exact) mass is 330 g/mol. The zero-order valence-electron chi connectivity index (χ0n) is 12.7. The van der Waals surface area contributed by atoms with Crippen LogP contribution in [0, 0.1) is 5.92 Å². The Balaban J connectivity index is 1.96. The van der Waals surface area contributed by atoms with Gasteiger partial charge in [0.1, 0.15) is 5.78 Å². The van der Waals surface area contributed by atoms with E-state index >= 15 is 0 Å². The quantitative estimate of drug-likeness (QED) is 0.792. The van der Waals surface area contributed by atoms with Crippen molar-refractivity contribution in [3.05, 3.63) is 40.7 Å². The molecule has 2 aliphatic heterocycles. The minimum Gasteiger partial charge on any atom is -0.299 e. The number of carbonyl (C=O) groups excluding carboxylic acids is 1. The van der Waals surface area contributed by atoms with Gasteiger partial charge in [0.05, 0.1) is 22.3 Å². The Morgan fingerprint density at radius 3 is 2.74 bits per heavy atom. The van der Waals surface area contributed by atoms with E-state index in [4.69, 9.17) is 0 Å². The summed E-state index contributed by atoms with van der Waals surface area (Å²) in [5.41, 5.74) is 2.34. The largest absolute Gasteiger partial charge is 0.299 e. The predicted octanol–water partition coefficient (Wildman–Crippen LogP) is 2.41. The number of fused-ring (bicyclic) bond motifs is 1. The molecule has 0 N–H and O–H groups in total. The molecular formula is C17H18N2O3S. The van der Waals surface area contributed by atoms with Gasteiger partial charge < -0.3 is 0 Å². The van der Waals surface area contributed by atoms with E-state index in [-0.39, 0.29) is 11.5 Å². The van der Waals surface area contributed by atoms with Crippen LogP contribution >= 0.6 is 0 Å². The van der Waals surface area contributed by atoms with Crippen molar-refractivity contribution in [1.29, 1.82) is 0 Å². The summed E-state index contributed by atoms with van der Waals surface area (Å²) in [6.07, 6.45) is 6.72. The number of Topliss-reactive ketones (excluding diaryl/α,β-unsaturated/α-hetero) is 1. The minimum atomic E-state index is -3.36. The number of allylic oxidation sites excluding steroid dienone is 2. The van der Waals surface area contributed by atoms with Crippen molar-refractivity contribution in [1.82, 2.24) is 4.98 Å². The highest BCUT2D eigenvalue weighted by Crippen LogP contribution is 2.47. The van der Waals surface area contributed by atoms with Crippen molar-refractivity contribution in [3.8, 4) is 0 Å². The summed E-state index contributed by atoms with van der Waals surface area (Å²) in [6.45, 7) is 0. The SMILES string of the molecule is O=C1CCCC2=NC3=C(C(c4cccnc4)C12)S(=O)(=O)CCC3. The van der Waals surface area contributed by atoms with Gasteiger partial charge in [-0.3, -0.25) is 14.8 Å². The van der Waals surface area contributed by atoms with Crippen molar-refractivity contribution < 1.29 is 13.2 Å². The predicted molar refractivity (Wildman–Crippen MR) is 86.8 cm³/mol. The molecule has 1 aliphatic carbocycles. The molecule has 2 atom stereocenters. The lowest BCUT2D eigenvalue weighted by molar-refractivity contribution is -0.121. The van der Waals surface area contributed by atoms with E-state index in [1.54, 1.807) is 18.5 Å². The molecular weight excluding hydrogens is 312 g/mol. The van der Waals surface area contributed by atoms with E-state index < -0.39 is 21.7 Å².